The lowest BCUT2D eigenvalue weighted by Crippen LogP contribution is -2.13. The fraction of sp³-hybridized carbons (Fsp3) is 0.333. The molecule has 1 aliphatic carbocycles. The Morgan fingerprint density at radius 1 is 1.15 bits per heavy atom. The van der Waals surface area contributed by atoms with Crippen LogP contribution < -0.4 is 0 Å². The molecule has 0 saturated carbocycles. The van der Waals surface area contributed by atoms with Gasteiger partial charge in [0.05, 0.1) is 6.20 Å². The molecule has 4 rings (SSSR count). The Kier molecular flexibility index (Phi) is 4.37. The van der Waals surface area contributed by atoms with Gasteiger partial charge in [-0.2, -0.15) is 5.10 Å². The molecular formula is C21H23N3O2. The highest BCUT2D eigenvalue weighted by Gasteiger charge is 2.22. The van der Waals surface area contributed by atoms with E-state index in [1.807, 2.05) is 43.1 Å². The highest BCUT2D eigenvalue weighted by Crippen LogP contribution is 2.27. The summed E-state index contributed by atoms with van der Waals surface area (Å²) in [6.45, 7) is 1.92. The third-order valence-electron chi connectivity index (χ3n) is 5.10. The molecule has 0 amide bonds. The first-order chi connectivity index (χ1) is 12.6. The van der Waals surface area contributed by atoms with E-state index >= 15 is 0 Å². The monoisotopic (exact) mass is 349 g/mol. The van der Waals surface area contributed by atoms with E-state index in [2.05, 4.69) is 23.3 Å². The van der Waals surface area contributed by atoms with Gasteiger partial charge in [-0.25, -0.2) is 4.79 Å². The normalized spacial score (nSPS) is 14.7. The molecule has 0 bridgehead atoms. The molecular weight excluding hydrogens is 326 g/mol. The van der Waals surface area contributed by atoms with Crippen molar-refractivity contribution in [2.24, 2.45) is 7.05 Å². The van der Waals surface area contributed by atoms with E-state index in [1.165, 1.54) is 24.0 Å². The van der Waals surface area contributed by atoms with Crippen LogP contribution in [-0.4, -0.2) is 20.3 Å². The molecule has 0 N–H and O–H groups in total. The van der Waals surface area contributed by atoms with Gasteiger partial charge in [0, 0.05) is 19.4 Å². The Bertz CT molecular complexity index is 925. The Labute approximate surface area is 153 Å². The van der Waals surface area contributed by atoms with Crippen molar-refractivity contribution in [1.82, 2.24) is 14.3 Å². The maximum atomic E-state index is 12.8. The predicted octanol–water partition coefficient (Wildman–Crippen LogP) is 4.01. The van der Waals surface area contributed by atoms with Crippen LogP contribution in [0.4, 0.5) is 0 Å². The number of nitrogens with zero attached hydrogens (tertiary/aromatic N) is 3. The van der Waals surface area contributed by atoms with Crippen LogP contribution in [0.2, 0.25) is 0 Å². The topological polar surface area (TPSA) is 49.0 Å². The van der Waals surface area contributed by atoms with Crippen molar-refractivity contribution in [3.05, 3.63) is 71.2 Å². The summed E-state index contributed by atoms with van der Waals surface area (Å²) in [6, 6.07) is 10.3. The molecule has 0 spiro atoms. The van der Waals surface area contributed by atoms with Gasteiger partial charge in [-0.1, -0.05) is 18.2 Å². The number of carbonyl (C=O) groups excluding carboxylic acids is 1. The summed E-state index contributed by atoms with van der Waals surface area (Å²) in [5.41, 5.74) is 4.34. The van der Waals surface area contributed by atoms with E-state index in [4.69, 9.17) is 4.74 Å². The third-order valence-corrected chi connectivity index (χ3v) is 5.10. The standard InChI is InChI=1S/C21H23N3O2/c1-15(17-10-9-16-7-3-4-8-18(16)13-17)26-21(25)19-14-22-23(2)20(19)24-11-5-6-12-24/h5-6,9-15H,3-4,7-8H2,1-2H3. The minimum Gasteiger partial charge on any atom is -0.454 e. The van der Waals surface area contributed by atoms with Crippen molar-refractivity contribution < 1.29 is 9.53 Å². The van der Waals surface area contributed by atoms with Crippen LogP contribution in [-0.2, 0) is 24.6 Å². The molecule has 2 heterocycles. The Hall–Kier alpha value is -2.82. The largest absolute Gasteiger partial charge is 0.454 e. The fourth-order valence-corrected chi connectivity index (χ4v) is 3.66. The average Bonchev–Trinajstić information content (AvgIpc) is 3.30. The lowest BCUT2D eigenvalue weighted by Gasteiger charge is -2.19. The van der Waals surface area contributed by atoms with Crippen LogP contribution in [0.15, 0.2) is 48.9 Å². The van der Waals surface area contributed by atoms with E-state index in [9.17, 15) is 4.79 Å². The highest BCUT2D eigenvalue weighted by molar-refractivity contribution is 5.92. The SMILES string of the molecule is CC(OC(=O)c1cnn(C)c1-n1cccc1)c1ccc2c(c1)CCCC2. The summed E-state index contributed by atoms with van der Waals surface area (Å²) in [4.78, 5) is 12.8. The number of rotatable bonds is 4. The first-order valence-corrected chi connectivity index (χ1v) is 9.11. The van der Waals surface area contributed by atoms with Gasteiger partial charge < -0.3 is 9.30 Å². The molecule has 0 radical (unpaired) electrons. The summed E-state index contributed by atoms with van der Waals surface area (Å²) < 4.78 is 9.31. The molecule has 26 heavy (non-hydrogen) atoms. The van der Waals surface area contributed by atoms with Gasteiger partial charge in [0.2, 0.25) is 0 Å². The number of carbonyl (C=O) groups is 1. The summed E-state index contributed by atoms with van der Waals surface area (Å²) >= 11 is 0. The zero-order valence-electron chi connectivity index (χ0n) is 15.2. The van der Waals surface area contributed by atoms with Gasteiger partial charge in [0.15, 0.2) is 0 Å². The number of hydrogen-bond donors (Lipinski definition) is 0. The average molecular weight is 349 g/mol. The quantitative estimate of drug-likeness (QED) is 0.669. The van der Waals surface area contributed by atoms with E-state index < -0.39 is 0 Å². The van der Waals surface area contributed by atoms with Gasteiger partial charge in [0.1, 0.15) is 17.5 Å². The lowest BCUT2D eigenvalue weighted by molar-refractivity contribution is 0.0337. The number of ether oxygens (including phenoxy) is 1. The number of hydrogen-bond acceptors (Lipinski definition) is 3. The number of fused-ring (bicyclic) bond motifs is 1. The van der Waals surface area contributed by atoms with E-state index in [0.29, 0.717) is 11.4 Å². The van der Waals surface area contributed by atoms with Gasteiger partial charge in [-0.05, 0) is 61.4 Å². The second-order valence-corrected chi connectivity index (χ2v) is 6.88. The molecule has 2 aromatic heterocycles. The Morgan fingerprint density at radius 3 is 2.65 bits per heavy atom. The van der Waals surface area contributed by atoms with Crippen LogP contribution in [0, 0.1) is 0 Å². The van der Waals surface area contributed by atoms with Crippen LogP contribution in [0.3, 0.4) is 0 Å². The van der Waals surface area contributed by atoms with E-state index in [0.717, 1.165) is 18.4 Å². The van der Waals surface area contributed by atoms with Gasteiger partial charge in [-0.3, -0.25) is 4.68 Å². The van der Waals surface area contributed by atoms with Gasteiger partial charge in [0.25, 0.3) is 0 Å². The molecule has 134 valence electrons. The molecule has 1 unspecified atom stereocenters. The maximum Gasteiger partial charge on any atom is 0.344 e. The molecule has 0 saturated heterocycles. The molecule has 5 heteroatoms. The molecule has 0 fully saturated rings. The van der Waals surface area contributed by atoms with Crippen molar-refractivity contribution in [1.29, 1.82) is 0 Å². The van der Waals surface area contributed by atoms with Crippen LogP contribution in [0.1, 0.15) is 52.9 Å². The molecule has 0 aliphatic heterocycles. The zero-order valence-corrected chi connectivity index (χ0v) is 15.2. The van der Waals surface area contributed by atoms with Crippen molar-refractivity contribution in [2.45, 2.75) is 38.7 Å². The van der Waals surface area contributed by atoms with E-state index in [-0.39, 0.29) is 12.1 Å². The van der Waals surface area contributed by atoms with E-state index in [1.54, 1.807) is 10.9 Å². The van der Waals surface area contributed by atoms with Crippen molar-refractivity contribution in [2.75, 3.05) is 0 Å². The number of esters is 1. The smallest absolute Gasteiger partial charge is 0.344 e. The summed E-state index contributed by atoms with van der Waals surface area (Å²) in [5, 5.41) is 4.23. The van der Waals surface area contributed by atoms with Crippen LogP contribution in [0.25, 0.3) is 5.82 Å². The van der Waals surface area contributed by atoms with Gasteiger partial charge >= 0.3 is 5.97 Å². The lowest BCUT2D eigenvalue weighted by atomic mass is 9.89. The summed E-state index contributed by atoms with van der Waals surface area (Å²) in [6.07, 6.45) is 9.82. The molecule has 3 aromatic rings. The minimum atomic E-state index is -0.355. The summed E-state index contributed by atoms with van der Waals surface area (Å²) in [7, 11) is 1.82. The second-order valence-electron chi connectivity index (χ2n) is 6.88. The molecule has 1 aromatic carbocycles. The molecule has 1 aliphatic rings. The first-order valence-electron chi connectivity index (χ1n) is 9.11. The van der Waals surface area contributed by atoms with Crippen LogP contribution in [0.5, 0.6) is 0 Å². The number of aryl methyl sites for hydroxylation is 3. The molecule has 5 nitrogen and oxygen atoms in total. The Balaban J connectivity index is 1.55. The number of benzene rings is 1. The van der Waals surface area contributed by atoms with Crippen molar-refractivity contribution >= 4 is 5.97 Å². The zero-order chi connectivity index (χ0) is 18.1. The minimum absolute atomic E-state index is 0.299. The predicted molar refractivity (Wildman–Crippen MR) is 99.4 cm³/mol. The molecule has 1 atom stereocenters. The third kappa shape index (κ3) is 3.05. The van der Waals surface area contributed by atoms with Crippen LogP contribution >= 0.6 is 0 Å². The number of aromatic nitrogens is 3. The Morgan fingerprint density at radius 2 is 1.88 bits per heavy atom. The van der Waals surface area contributed by atoms with Crippen molar-refractivity contribution in [3.8, 4) is 5.82 Å². The van der Waals surface area contributed by atoms with Gasteiger partial charge in [-0.15, -0.1) is 0 Å². The maximum absolute atomic E-state index is 12.8. The first kappa shape index (κ1) is 16.6. The highest BCUT2D eigenvalue weighted by atomic mass is 16.5. The summed E-state index contributed by atoms with van der Waals surface area (Å²) in [5.74, 6) is 0.352. The second kappa shape index (κ2) is 6.83. The fourth-order valence-electron chi connectivity index (χ4n) is 3.66. The van der Waals surface area contributed by atoms with Crippen molar-refractivity contribution in [3.63, 3.8) is 0 Å².